The lowest BCUT2D eigenvalue weighted by molar-refractivity contribution is -0.144. The standard InChI is InChI=1S/C14H30O4/c1-4-9-15-12-13-16-11-7-8-14(17-6-3)18-10-5-2/h14H,4-13H2,1-3H3. The number of hydrogen-bond donors (Lipinski definition) is 0. The van der Waals surface area contributed by atoms with Crippen LogP contribution in [0.1, 0.15) is 46.5 Å². The van der Waals surface area contributed by atoms with E-state index in [0.717, 1.165) is 45.5 Å². The van der Waals surface area contributed by atoms with Crippen molar-refractivity contribution >= 4 is 0 Å². The molecule has 0 spiro atoms. The lowest BCUT2D eigenvalue weighted by atomic mass is 10.3. The molecule has 0 amide bonds. The Bertz CT molecular complexity index is 153. The first-order chi connectivity index (χ1) is 8.85. The van der Waals surface area contributed by atoms with Crippen molar-refractivity contribution in [2.45, 2.75) is 52.7 Å². The molecular formula is C14H30O4. The normalized spacial score (nSPS) is 12.8. The zero-order valence-corrected chi connectivity index (χ0v) is 12.3. The second-order valence-corrected chi connectivity index (χ2v) is 4.12. The Morgan fingerprint density at radius 3 is 2.00 bits per heavy atom. The van der Waals surface area contributed by atoms with Crippen molar-refractivity contribution in [3.05, 3.63) is 0 Å². The van der Waals surface area contributed by atoms with Gasteiger partial charge in [0.1, 0.15) is 0 Å². The molecule has 4 heteroatoms. The van der Waals surface area contributed by atoms with Gasteiger partial charge in [-0.25, -0.2) is 0 Å². The lowest BCUT2D eigenvalue weighted by Gasteiger charge is -2.17. The van der Waals surface area contributed by atoms with E-state index in [4.69, 9.17) is 18.9 Å². The van der Waals surface area contributed by atoms with Crippen molar-refractivity contribution in [2.75, 3.05) is 39.6 Å². The highest BCUT2D eigenvalue weighted by Crippen LogP contribution is 2.05. The molecule has 1 unspecified atom stereocenters. The smallest absolute Gasteiger partial charge is 0.157 e. The summed E-state index contributed by atoms with van der Waals surface area (Å²) in [5.41, 5.74) is 0. The number of ether oxygens (including phenoxy) is 4. The minimum Gasteiger partial charge on any atom is -0.379 e. The maximum absolute atomic E-state index is 5.59. The van der Waals surface area contributed by atoms with Crippen LogP contribution in [0.25, 0.3) is 0 Å². The molecule has 0 aliphatic rings. The molecule has 4 nitrogen and oxygen atoms in total. The Morgan fingerprint density at radius 2 is 1.39 bits per heavy atom. The van der Waals surface area contributed by atoms with Crippen LogP contribution < -0.4 is 0 Å². The molecule has 0 radical (unpaired) electrons. The van der Waals surface area contributed by atoms with Crippen LogP contribution in [-0.4, -0.2) is 45.9 Å². The van der Waals surface area contributed by atoms with Gasteiger partial charge >= 0.3 is 0 Å². The van der Waals surface area contributed by atoms with E-state index in [1.807, 2.05) is 6.92 Å². The highest BCUT2D eigenvalue weighted by Gasteiger charge is 2.07. The quantitative estimate of drug-likeness (QED) is 0.356. The molecule has 0 fully saturated rings. The Kier molecular flexibility index (Phi) is 14.8. The van der Waals surface area contributed by atoms with Gasteiger partial charge in [-0.2, -0.15) is 0 Å². The molecule has 0 N–H and O–H groups in total. The third-order valence-corrected chi connectivity index (χ3v) is 2.31. The molecule has 0 heterocycles. The highest BCUT2D eigenvalue weighted by molar-refractivity contribution is 4.47. The molecule has 0 rings (SSSR count). The van der Waals surface area contributed by atoms with Crippen molar-refractivity contribution in [2.24, 2.45) is 0 Å². The van der Waals surface area contributed by atoms with Crippen molar-refractivity contribution in [1.82, 2.24) is 0 Å². The third-order valence-electron chi connectivity index (χ3n) is 2.31. The minimum absolute atomic E-state index is 0.0742. The predicted octanol–water partition coefficient (Wildman–Crippen LogP) is 3.00. The first-order valence-corrected chi connectivity index (χ1v) is 7.23. The van der Waals surface area contributed by atoms with Crippen LogP contribution in [-0.2, 0) is 18.9 Å². The molecule has 0 saturated carbocycles. The van der Waals surface area contributed by atoms with E-state index < -0.39 is 0 Å². The van der Waals surface area contributed by atoms with Crippen LogP contribution in [0.3, 0.4) is 0 Å². The van der Waals surface area contributed by atoms with E-state index in [-0.39, 0.29) is 6.29 Å². The maximum Gasteiger partial charge on any atom is 0.157 e. The maximum atomic E-state index is 5.59. The van der Waals surface area contributed by atoms with Crippen LogP contribution in [0.15, 0.2) is 0 Å². The van der Waals surface area contributed by atoms with E-state index >= 15 is 0 Å². The molecule has 0 aromatic heterocycles. The Labute approximate surface area is 112 Å². The first-order valence-electron chi connectivity index (χ1n) is 7.23. The molecule has 0 aromatic carbocycles. The van der Waals surface area contributed by atoms with Gasteiger partial charge < -0.3 is 18.9 Å². The molecule has 1 atom stereocenters. The summed E-state index contributed by atoms with van der Waals surface area (Å²) in [6.45, 7) is 10.6. The van der Waals surface area contributed by atoms with Crippen LogP contribution in [0.5, 0.6) is 0 Å². The van der Waals surface area contributed by atoms with Gasteiger partial charge in [-0.1, -0.05) is 13.8 Å². The van der Waals surface area contributed by atoms with Crippen molar-refractivity contribution in [3.8, 4) is 0 Å². The van der Waals surface area contributed by atoms with Crippen molar-refractivity contribution in [3.63, 3.8) is 0 Å². The predicted molar refractivity (Wildman–Crippen MR) is 72.8 cm³/mol. The monoisotopic (exact) mass is 262 g/mol. The third kappa shape index (κ3) is 12.3. The molecule has 0 aliphatic carbocycles. The summed E-state index contributed by atoms with van der Waals surface area (Å²) in [6, 6.07) is 0. The van der Waals surface area contributed by atoms with E-state index in [9.17, 15) is 0 Å². The van der Waals surface area contributed by atoms with E-state index in [1.54, 1.807) is 0 Å². The van der Waals surface area contributed by atoms with Gasteiger partial charge in [0.15, 0.2) is 6.29 Å². The van der Waals surface area contributed by atoms with E-state index in [0.29, 0.717) is 19.8 Å². The van der Waals surface area contributed by atoms with Gasteiger partial charge in [0.2, 0.25) is 0 Å². The first kappa shape index (κ1) is 17.8. The average molecular weight is 262 g/mol. The molecule has 110 valence electrons. The van der Waals surface area contributed by atoms with Crippen LogP contribution in [0.2, 0.25) is 0 Å². The summed E-state index contributed by atoms with van der Waals surface area (Å²) in [5, 5.41) is 0. The summed E-state index contributed by atoms with van der Waals surface area (Å²) in [5.74, 6) is 0. The summed E-state index contributed by atoms with van der Waals surface area (Å²) >= 11 is 0. The topological polar surface area (TPSA) is 36.9 Å². The van der Waals surface area contributed by atoms with Gasteiger partial charge in [-0.15, -0.1) is 0 Å². The SMILES string of the molecule is CCCOCCOCCCC(OCC)OCCC. The second kappa shape index (κ2) is 14.9. The summed E-state index contributed by atoms with van der Waals surface area (Å²) in [7, 11) is 0. The van der Waals surface area contributed by atoms with Gasteiger partial charge in [0.05, 0.1) is 13.2 Å². The molecular weight excluding hydrogens is 232 g/mol. The lowest BCUT2D eigenvalue weighted by Crippen LogP contribution is -2.18. The van der Waals surface area contributed by atoms with Crippen LogP contribution in [0.4, 0.5) is 0 Å². The fraction of sp³-hybridized carbons (Fsp3) is 1.00. The van der Waals surface area contributed by atoms with Gasteiger partial charge in [-0.3, -0.25) is 0 Å². The summed E-state index contributed by atoms with van der Waals surface area (Å²) in [6.07, 6.45) is 3.86. The highest BCUT2D eigenvalue weighted by atomic mass is 16.7. The number of rotatable bonds is 14. The molecule has 0 bridgehead atoms. The van der Waals surface area contributed by atoms with Gasteiger partial charge in [0.25, 0.3) is 0 Å². The van der Waals surface area contributed by atoms with Gasteiger partial charge in [0, 0.05) is 32.8 Å². The fourth-order valence-corrected chi connectivity index (χ4v) is 1.47. The zero-order chi connectivity index (χ0) is 13.5. The second-order valence-electron chi connectivity index (χ2n) is 4.12. The largest absolute Gasteiger partial charge is 0.379 e. The Morgan fingerprint density at radius 1 is 0.722 bits per heavy atom. The molecule has 0 aromatic rings. The molecule has 0 aliphatic heterocycles. The Balaban J connectivity index is 3.31. The van der Waals surface area contributed by atoms with E-state index in [1.165, 1.54) is 0 Å². The van der Waals surface area contributed by atoms with Gasteiger partial charge in [-0.05, 0) is 26.2 Å². The summed E-state index contributed by atoms with van der Waals surface area (Å²) < 4.78 is 21.9. The Hall–Kier alpha value is -0.160. The number of hydrogen-bond acceptors (Lipinski definition) is 4. The zero-order valence-electron chi connectivity index (χ0n) is 12.3. The van der Waals surface area contributed by atoms with Crippen molar-refractivity contribution < 1.29 is 18.9 Å². The fourth-order valence-electron chi connectivity index (χ4n) is 1.47. The molecule has 0 saturated heterocycles. The van der Waals surface area contributed by atoms with Crippen LogP contribution in [0, 0.1) is 0 Å². The minimum atomic E-state index is -0.0742. The average Bonchev–Trinajstić information content (AvgIpc) is 2.39. The molecule has 18 heavy (non-hydrogen) atoms. The van der Waals surface area contributed by atoms with Crippen molar-refractivity contribution in [1.29, 1.82) is 0 Å². The summed E-state index contributed by atoms with van der Waals surface area (Å²) in [4.78, 5) is 0. The van der Waals surface area contributed by atoms with Crippen LogP contribution >= 0.6 is 0 Å². The van der Waals surface area contributed by atoms with E-state index in [2.05, 4.69) is 13.8 Å².